The predicted molar refractivity (Wildman–Crippen MR) is 46.2 cm³/mol. The lowest BCUT2D eigenvalue weighted by Crippen LogP contribution is -2.27. The van der Waals surface area contributed by atoms with Gasteiger partial charge in [0.15, 0.2) is 0 Å². The second-order valence-electron chi connectivity index (χ2n) is 2.96. The average Bonchev–Trinajstić information content (AvgIpc) is 1.97. The van der Waals surface area contributed by atoms with Crippen molar-refractivity contribution in [2.75, 3.05) is 27.2 Å². The Bertz CT molecular complexity index is 126. The zero-order valence-corrected chi connectivity index (χ0v) is 7.59. The van der Waals surface area contributed by atoms with Gasteiger partial charge in [0.1, 0.15) is 0 Å². The lowest BCUT2D eigenvalue weighted by Gasteiger charge is -2.10. The van der Waals surface area contributed by atoms with Gasteiger partial charge in [0.2, 0.25) is 0 Å². The van der Waals surface area contributed by atoms with Gasteiger partial charge in [0.05, 0.1) is 12.1 Å². The van der Waals surface area contributed by atoms with Crippen molar-refractivity contribution < 1.29 is 0 Å². The van der Waals surface area contributed by atoms with Crippen LogP contribution in [0.2, 0.25) is 0 Å². The van der Waals surface area contributed by atoms with Crippen LogP contribution in [0.3, 0.4) is 0 Å². The average molecular weight is 155 g/mol. The van der Waals surface area contributed by atoms with Gasteiger partial charge in [-0.15, -0.1) is 0 Å². The van der Waals surface area contributed by atoms with E-state index in [1.165, 1.54) is 0 Å². The molecule has 3 nitrogen and oxygen atoms in total. The molecule has 0 rings (SSSR count). The molecule has 0 aliphatic carbocycles. The Labute approximate surface area is 69.0 Å². The Morgan fingerprint density at radius 2 is 2.18 bits per heavy atom. The van der Waals surface area contributed by atoms with Gasteiger partial charge in [-0.1, -0.05) is 0 Å². The maximum atomic E-state index is 8.42. The van der Waals surface area contributed by atoms with Crippen molar-refractivity contribution >= 4 is 0 Å². The molecule has 0 saturated carbocycles. The summed E-state index contributed by atoms with van der Waals surface area (Å²) in [6, 6.07) is 2.11. The monoisotopic (exact) mass is 155 g/mol. The van der Waals surface area contributed by atoms with Crippen LogP contribution in [0.5, 0.6) is 0 Å². The molecule has 0 aromatic rings. The summed E-state index contributed by atoms with van der Waals surface area (Å²) in [4.78, 5) is 2.14. The number of nitrogens with zero attached hydrogens (tertiary/aromatic N) is 2. The maximum Gasteiger partial charge on any atom is 0.0924 e. The van der Waals surface area contributed by atoms with E-state index in [2.05, 4.69) is 16.3 Å². The van der Waals surface area contributed by atoms with Crippen molar-refractivity contribution in [3.8, 4) is 6.07 Å². The van der Waals surface area contributed by atoms with Crippen molar-refractivity contribution in [2.45, 2.75) is 19.4 Å². The highest BCUT2D eigenvalue weighted by Crippen LogP contribution is 1.82. The molecule has 0 heterocycles. The van der Waals surface area contributed by atoms with Crippen LogP contribution in [0, 0.1) is 11.3 Å². The third-order valence-corrected chi connectivity index (χ3v) is 1.43. The van der Waals surface area contributed by atoms with Gasteiger partial charge in [-0.2, -0.15) is 5.26 Å². The Hall–Kier alpha value is -0.590. The van der Waals surface area contributed by atoms with Crippen molar-refractivity contribution in [1.82, 2.24) is 10.2 Å². The molecule has 0 bridgehead atoms. The fourth-order valence-corrected chi connectivity index (χ4v) is 0.759. The first-order chi connectivity index (χ1) is 5.16. The molecule has 0 aliphatic heterocycles. The third kappa shape index (κ3) is 7.31. The van der Waals surface area contributed by atoms with E-state index in [4.69, 9.17) is 5.26 Å². The summed E-state index contributed by atoms with van der Waals surface area (Å²) >= 11 is 0. The van der Waals surface area contributed by atoms with Crippen molar-refractivity contribution in [3.05, 3.63) is 0 Å². The van der Waals surface area contributed by atoms with Crippen LogP contribution in [0.25, 0.3) is 0 Å². The number of rotatable bonds is 5. The molecule has 0 aromatic carbocycles. The Morgan fingerprint density at radius 3 is 2.64 bits per heavy atom. The van der Waals surface area contributed by atoms with E-state index >= 15 is 0 Å². The van der Waals surface area contributed by atoms with Gasteiger partial charge in [-0.05, 0) is 40.5 Å². The summed E-state index contributed by atoms with van der Waals surface area (Å²) in [7, 11) is 4.10. The minimum atomic E-state index is -0.0165. The van der Waals surface area contributed by atoms with E-state index in [1.807, 2.05) is 21.0 Å². The zero-order valence-electron chi connectivity index (χ0n) is 7.59. The lowest BCUT2D eigenvalue weighted by atomic mass is 10.3. The van der Waals surface area contributed by atoms with Gasteiger partial charge in [0.25, 0.3) is 0 Å². The Morgan fingerprint density at radius 1 is 1.55 bits per heavy atom. The van der Waals surface area contributed by atoms with Crippen LogP contribution in [-0.2, 0) is 0 Å². The van der Waals surface area contributed by atoms with Crippen LogP contribution < -0.4 is 5.32 Å². The molecule has 0 fully saturated rings. The van der Waals surface area contributed by atoms with Crippen LogP contribution in [-0.4, -0.2) is 38.1 Å². The predicted octanol–water partition coefficient (Wildman–Crippen LogP) is 0.440. The molecule has 0 spiro atoms. The molecule has 1 unspecified atom stereocenters. The maximum absolute atomic E-state index is 8.42. The van der Waals surface area contributed by atoms with E-state index in [9.17, 15) is 0 Å². The molecule has 0 aliphatic rings. The number of hydrogen-bond donors (Lipinski definition) is 1. The van der Waals surface area contributed by atoms with E-state index in [1.54, 1.807) is 0 Å². The lowest BCUT2D eigenvalue weighted by molar-refractivity contribution is 0.393. The van der Waals surface area contributed by atoms with Crippen molar-refractivity contribution in [3.63, 3.8) is 0 Å². The standard InChI is InChI=1S/C8H17N3/c1-8(7-9)10-5-4-6-11(2)3/h8,10H,4-6H2,1-3H3. The van der Waals surface area contributed by atoms with E-state index in [0.717, 1.165) is 19.5 Å². The van der Waals surface area contributed by atoms with E-state index < -0.39 is 0 Å². The Balaban J connectivity index is 3.10. The first-order valence-corrected chi connectivity index (χ1v) is 3.94. The molecule has 0 radical (unpaired) electrons. The SMILES string of the molecule is CC(C#N)NCCCN(C)C. The molecule has 1 N–H and O–H groups in total. The fourth-order valence-electron chi connectivity index (χ4n) is 0.759. The van der Waals surface area contributed by atoms with E-state index in [-0.39, 0.29) is 6.04 Å². The van der Waals surface area contributed by atoms with Gasteiger partial charge in [0, 0.05) is 0 Å². The van der Waals surface area contributed by atoms with Gasteiger partial charge >= 0.3 is 0 Å². The second-order valence-corrected chi connectivity index (χ2v) is 2.96. The molecule has 3 heteroatoms. The summed E-state index contributed by atoms with van der Waals surface area (Å²) in [6.07, 6.45) is 1.10. The molecule has 0 amide bonds. The number of hydrogen-bond acceptors (Lipinski definition) is 3. The largest absolute Gasteiger partial charge is 0.309 e. The highest BCUT2D eigenvalue weighted by atomic mass is 15.1. The van der Waals surface area contributed by atoms with E-state index in [0.29, 0.717) is 0 Å². The van der Waals surface area contributed by atoms with Crippen LogP contribution in [0.15, 0.2) is 0 Å². The summed E-state index contributed by atoms with van der Waals surface area (Å²) < 4.78 is 0. The molecule has 0 saturated heterocycles. The molecule has 0 aromatic heterocycles. The fraction of sp³-hybridized carbons (Fsp3) is 0.875. The van der Waals surface area contributed by atoms with Crippen molar-refractivity contribution in [1.29, 1.82) is 5.26 Å². The Kier molecular flexibility index (Phi) is 5.81. The highest BCUT2D eigenvalue weighted by Gasteiger charge is 1.96. The summed E-state index contributed by atoms with van der Waals surface area (Å²) in [5, 5.41) is 11.5. The summed E-state index contributed by atoms with van der Waals surface area (Å²) in [5.74, 6) is 0. The first kappa shape index (κ1) is 10.4. The third-order valence-electron chi connectivity index (χ3n) is 1.43. The quantitative estimate of drug-likeness (QED) is 0.585. The minimum absolute atomic E-state index is 0.0165. The molecular weight excluding hydrogens is 138 g/mol. The minimum Gasteiger partial charge on any atom is -0.309 e. The van der Waals surface area contributed by atoms with Crippen LogP contribution in [0.4, 0.5) is 0 Å². The summed E-state index contributed by atoms with van der Waals surface area (Å²) in [6.45, 7) is 3.87. The first-order valence-electron chi connectivity index (χ1n) is 3.94. The van der Waals surface area contributed by atoms with Crippen LogP contribution >= 0.6 is 0 Å². The van der Waals surface area contributed by atoms with Gasteiger partial charge < -0.3 is 10.2 Å². The van der Waals surface area contributed by atoms with Gasteiger partial charge in [-0.3, -0.25) is 0 Å². The smallest absolute Gasteiger partial charge is 0.0924 e. The molecule has 64 valence electrons. The number of nitriles is 1. The zero-order chi connectivity index (χ0) is 8.69. The normalized spacial score (nSPS) is 13.0. The highest BCUT2D eigenvalue weighted by molar-refractivity contribution is 4.84. The van der Waals surface area contributed by atoms with Gasteiger partial charge in [-0.25, -0.2) is 0 Å². The molecule has 1 atom stereocenters. The topological polar surface area (TPSA) is 39.1 Å². The summed E-state index contributed by atoms with van der Waals surface area (Å²) in [5.41, 5.74) is 0. The molecule has 11 heavy (non-hydrogen) atoms. The molecular formula is C8H17N3. The van der Waals surface area contributed by atoms with Crippen molar-refractivity contribution in [2.24, 2.45) is 0 Å². The second kappa shape index (κ2) is 6.14. The van der Waals surface area contributed by atoms with Crippen LogP contribution in [0.1, 0.15) is 13.3 Å². The number of nitrogens with one attached hydrogen (secondary N) is 1.